The molecule has 0 fully saturated rings. The van der Waals surface area contributed by atoms with Crippen molar-refractivity contribution in [2.45, 2.75) is 59.7 Å². The minimum atomic E-state index is 0.542. The normalized spacial score (nSPS) is 11.5. The number of unbranched alkanes of at least 4 members (excludes halogenated alkanes) is 1. The molecule has 2 nitrogen and oxygen atoms in total. The molecule has 0 saturated carbocycles. The van der Waals surface area contributed by atoms with E-state index in [-0.39, 0.29) is 0 Å². The fourth-order valence-electron chi connectivity index (χ4n) is 2.15. The van der Waals surface area contributed by atoms with Gasteiger partial charge in [0.05, 0.1) is 0 Å². The van der Waals surface area contributed by atoms with Crippen LogP contribution in [0.4, 0.5) is 0 Å². The summed E-state index contributed by atoms with van der Waals surface area (Å²) in [5, 5.41) is 3.48. The molecule has 0 amide bonds. The molecular formula is C17H30N2. The molecule has 1 N–H and O–H groups in total. The first-order valence-corrected chi connectivity index (χ1v) is 7.69. The summed E-state index contributed by atoms with van der Waals surface area (Å²) in [6.45, 7) is 13.3. The molecule has 0 aromatic heterocycles. The zero-order valence-electron chi connectivity index (χ0n) is 13.1. The lowest BCUT2D eigenvalue weighted by Crippen LogP contribution is -2.24. The molecule has 0 spiro atoms. The van der Waals surface area contributed by atoms with E-state index in [1.54, 1.807) is 0 Å². The van der Waals surface area contributed by atoms with Gasteiger partial charge in [-0.05, 0) is 30.6 Å². The lowest BCUT2D eigenvalue weighted by atomic mass is 10.1. The van der Waals surface area contributed by atoms with E-state index in [2.05, 4.69) is 62.2 Å². The Balaban J connectivity index is 2.54. The predicted molar refractivity (Wildman–Crippen MR) is 84.3 cm³/mol. The highest BCUT2D eigenvalue weighted by molar-refractivity contribution is 5.23. The van der Waals surface area contributed by atoms with Crippen molar-refractivity contribution in [3.63, 3.8) is 0 Å². The SMILES string of the molecule is CCCCN(CC)Cc1cccc(CNC(C)C)c1. The van der Waals surface area contributed by atoms with E-state index in [1.165, 1.54) is 30.5 Å². The molecule has 1 rings (SSSR count). The minimum absolute atomic E-state index is 0.542. The fourth-order valence-corrected chi connectivity index (χ4v) is 2.15. The lowest BCUT2D eigenvalue weighted by molar-refractivity contribution is 0.275. The van der Waals surface area contributed by atoms with Crippen molar-refractivity contribution in [3.05, 3.63) is 35.4 Å². The van der Waals surface area contributed by atoms with Crippen LogP contribution < -0.4 is 5.32 Å². The summed E-state index contributed by atoms with van der Waals surface area (Å²) >= 11 is 0. The van der Waals surface area contributed by atoms with E-state index in [4.69, 9.17) is 0 Å². The summed E-state index contributed by atoms with van der Waals surface area (Å²) in [6.07, 6.45) is 2.57. The zero-order valence-corrected chi connectivity index (χ0v) is 13.1. The molecule has 2 heteroatoms. The molecule has 0 aliphatic rings. The topological polar surface area (TPSA) is 15.3 Å². The fraction of sp³-hybridized carbons (Fsp3) is 0.647. The number of benzene rings is 1. The third-order valence-corrected chi connectivity index (χ3v) is 3.39. The molecule has 0 heterocycles. The molecule has 0 atom stereocenters. The van der Waals surface area contributed by atoms with Crippen LogP contribution in [0.15, 0.2) is 24.3 Å². The van der Waals surface area contributed by atoms with E-state index in [9.17, 15) is 0 Å². The Labute approximate surface area is 119 Å². The van der Waals surface area contributed by atoms with Crippen LogP contribution in [0, 0.1) is 0 Å². The summed E-state index contributed by atoms with van der Waals surface area (Å²) in [4.78, 5) is 2.53. The average Bonchev–Trinajstić information content (AvgIpc) is 2.41. The van der Waals surface area contributed by atoms with Crippen LogP contribution >= 0.6 is 0 Å². The molecule has 108 valence electrons. The van der Waals surface area contributed by atoms with Crippen molar-refractivity contribution in [2.24, 2.45) is 0 Å². The third-order valence-electron chi connectivity index (χ3n) is 3.39. The Morgan fingerprint density at radius 2 is 1.89 bits per heavy atom. The lowest BCUT2D eigenvalue weighted by Gasteiger charge is -2.20. The number of rotatable bonds is 9. The van der Waals surface area contributed by atoms with Crippen LogP contribution in [0.3, 0.4) is 0 Å². The maximum absolute atomic E-state index is 3.48. The van der Waals surface area contributed by atoms with Crippen LogP contribution in [0.5, 0.6) is 0 Å². The van der Waals surface area contributed by atoms with Crippen molar-refractivity contribution in [3.8, 4) is 0 Å². The van der Waals surface area contributed by atoms with Gasteiger partial charge in [0.2, 0.25) is 0 Å². The second kappa shape index (κ2) is 9.11. The van der Waals surface area contributed by atoms with Gasteiger partial charge in [0.25, 0.3) is 0 Å². The molecule has 0 aliphatic carbocycles. The Bertz CT molecular complexity index is 347. The molecule has 0 saturated heterocycles. The van der Waals surface area contributed by atoms with Crippen LogP contribution in [0.1, 0.15) is 51.7 Å². The maximum atomic E-state index is 3.48. The van der Waals surface area contributed by atoms with E-state index >= 15 is 0 Å². The molecule has 1 aromatic carbocycles. The standard InChI is InChI=1S/C17H30N2/c1-5-7-11-19(6-2)14-17-10-8-9-16(12-17)13-18-15(3)4/h8-10,12,15,18H,5-7,11,13-14H2,1-4H3. The summed E-state index contributed by atoms with van der Waals surface area (Å²) in [5.74, 6) is 0. The number of hydrogen-bond donors (Lipinski definition) is 1. The van der Waals surface area contributed by atoms with Gasteiger partial charge in [0.1, 0.15) is 0 Å². The highest BCUT2D eigenvalue weighted by atomic mass is 15.1. The summed E-state index contributed by atoms with van der Waals surface area (Å²) < 4.78 is 0. The monoisotopic (exact) mass is 262 g/mol. The van der Waals surface area contributed by atoms with Crippen molar-refractivity contribution in [2.75, 3.05) is 13.1 Å². The van der Waals surface area contributed by atoms with Gasteiger partial charge in [-0.3, -0.25) is 4.90 Å². The predicted octanol–water partition coefficient (Wildman–Crippen LogP) is 3.81. The molecule has 0 unspecified atom stereocenters. The molecule has 0 radical (unpaired) electrons. The Morgan fingerprint density at radius 1 is 1.16 bits per heavy atom. The highest BCUT2D eigenvalue weighted by Gasteiger charge is 2.04. The van der Waals surface area contributed by atoms with Crippen molar-refractivity contribution in [1.82, 2.24) is 10.2 Å². The van der Waals surface area contributed by atoms with Gasteiger partial charge in [-0.2, -0.15) is 0 Å². The Kier molecular flexibility index (Phi) is 7.76. The van der Waals surface area contributed by atoms with Crippen LogP contribution in [-0.4, -0.2) is 24.0 Å². The van der Waals surface area contributed by atoms with Gasteiger partial charge < -0.3 is 5.32 Å². The molecule has 1 aromatic rings. The Hall–Kier alpha value is -0.860. The average molecular weight is 262 g/mol. The van der Waals surface area contributed by atoms with Crippen LogP contribution in [0.2, 0.25) is 0 Å². The zero-order chi connectivity index (χ0) is 14.1. The van der Waals surface area contributed by atoms with E-state index in [1.807, 2.05) is 0 Å². The van der Waals surface area contributed by atoms with Crippen LogP contribution in [0.25, 0.3) is 0 Å². The Morgan fingerprint density at radius 3 is 2.53 bits per heavy atom. The van der Waals surface area contributed by atoms with Crippen molar-refractivity contribution < 1.29 is 0 Å². The number of nitrogens with one attached hydrogen (secondary N) is 1. The van der Waals surface area contributed by atoms with Crippen molar-refractivity contribution >= 4 is 0 Å². The van der Waals surface area contributed by atoms with Crippen molar-refractivity contribution in [1.29, 1.82) is 0 Å². The molecule has 19 heavy (non-hydrogen) atoms. The van der Waals surface area contributed by atoms with E-state index in [0.29, 0.717) is 6.04 Å². The van der Waals surface area contributed by atoms with Gasteiger partial charge in [0, 0.05) is 19.1 Å². The van der Waals surface area contributed by atoms with E-state index in [0.717, 1.165) is 19.6 Å². The largest absolute Gasteiger partial charge is 0.310 e. The number of nitrogens with zero attached hydrogens (tertiary/aromatic N) is 1. The summed E-state index contributed by atoms with van der Waals surface area (Å²) in [5.41, 5.74) is 2.82. The van der Waals surface area contributed by atoms with Gasteiger partial charge in [-0.1, -0.05) is 58.4 Å². The third kappa shape index (κ3) is 6.74. The summed E-state index contributed by atoms with van der Waals surface area (Å²) in [6, 6.07) is 9.51. The molecule has 0 aliphatic heterocycles. The van der Waals surface area contributed by atoms with Gasteiger partial charge in [-0.15, -0.1) is 0 Å². The minimum Gasteiger partial charge on any atom is -0.310 e. The second-order valence-electron chi connectivity index (χ2n) is 5.58. The van der Waals surface area contributed by atoms with Crippen LogP contribution in [-0.2, 0) is 13.1 Å². The quantitative estimate of drug-likeness (QED) is 0.728. The smallest absolute Gasteiger partial charge is 0.0233 e. The first-order chi connectivity index (χ1) is 9.15. The summed E-state index contributed by atoms with van der Waals surface area (Å²) in [7, 11) is 0. The first kappa shape index (κ1) is 16.2. The molecule has 0 bridgehead atoms. The van der Waals surface area contributed by atoms with Gasteiger partial charge >= 0.3 is 0 Å². The highest BCUT2D eigenvalue weighted by Crippen LogP contribution is 2.09. The first-order valence-electron chi connectivity index (χ1n) is 7.69. The maximum Gasteiger partial charge on any atom is 0.0233 e. The van der Waals surface area contributed by atoms with E-state index < -0.39 is 0 Å². The second-order valence-corrected chi connectivity index (χ2v) is 5.58. The van der Waals surface area contributed by atoms with Gasteiger partial charge in [0.15, 0.2) is 0 Å². The van der Waals surface area contributed by atoms with Gasteiger partial charge in [-0.25, -0.2) is 0 Å². The number of hydrogen-bond acceptors (Lipinski definition) is 2. The molecular weight excluding hydrogens is 232 g/mol.